The molecule has 2 heterocycles. The zero-order chi connectivity index (χ0) is 28.3. The lowest BCUT2D eigenvalue weighted by molar-refractivity contribution is -0.137. The van der Waals surface area contributed by atoms with Gasteiger partial charge in [-0.25, -0.2) is 5.01 Å². The molecule has 2 aliphatic rings. The van der Waals surface area contributed by atoms with Crippen LogP contribution in [0.1, 0.15) is 39.9 Å². The SMILES string of the molecule is COCCN1c2cccc(C)c2CN1CC1CCN(C(=O)c2ccc(Oc3ccc(C(F)(F)F)cc3)cc2)CC1. The van der Waals surface area contributed by atoms with Gasteiger partial charge in [0.25, 0.3) is 5.91 Å². The predicted molar refractivity (Wildman–Crippen MR) is 147 cm³/mol. The van der Waals surface area contributed by atoms with Crippen molar-refractivity contribution in [2.45, 2.75) is 32.5 Å². The molecular formula is C31H34F3N3O3. The summed E-state index contributed by atoms with van der Waals surface area (Å²) in [7, 11) is 1.73. The van der Waals surface area contributed by atoms with Crippen LogP contribution in [0.3, 0.4) is 0 Å². The molecule has 1 amide bonds. The van der Waals surface area contributed by atoms with Gasteiger partial charge >= 0.3 is 6.18 Å². The molecule has 40 heavy (non-hydrogen) atoms. The predicted octanol–water partition coefficient (Wildman–Crippen LogP) is 6.54. The first-order valence-corrected chi connectivity index (χ1v) is 13.6. The van der Waals surface area contributed by atoms with Crippen LogP contribution < -0.4 is 9.75 Å². The molecule has 0 unspecified atom stereocenters. The van der Waals surface area contributed by atoms with Gasteiger partial charge in [-0.3, -0.25) is 4.79 Å². The summed E-state index contributed by atoms with van der Waals surface area (Å²) in [6, 6.07) is 17.7. The Morgan fingerprint density at radius 1 is 0.950 bits per heavy atom. The molecule has 0 N–H and O–H groups in total. The molecule has 0 aliphatic carbocycles. The Morgan fingerprint density at radius 2 is 1.60 bits per heavy atom. The lowest BCUT2D eigenvalue weighted by Gasteiger charge is -2.37. The van der Waals surface area contributed by atoms with Crippen molar-refractivity contribution in [2.24, 2.45) is 5.92 Å². The number of amides is 1. The zero-order valence-corrected chi connectivity index (χ0v) is 22.8. The van der Waals surface area contributed by atoms with E-state index in [0.717, 1.165) is 44.6 Å². The molecular weight excluding hydrogens is 519 g/mol. The summed E-state index contributed by atoms with van der Waals surface area (Å²) < 4.78 is 49.3. The maximum Gasteiger partial charge on any atom is 0.416 e. The molecule has 0 radical (unpaired) electrons. The van der Waals surface area contributed by atoms with Crippen molar-refractivity contribution < 1.29 is 27.4 Å². The van der Waals surface area contributed by atoms with Crippen LogP contribution in [0.15, 0.2) is 66.7 Å². The summed E-state index contributed by atoms with van der Waals surface area (Å²) in [5, 5.41) is 4.77. The second-order valence-electron chi connectivity index (χ2n) is 10.4. The Balaban J connectivity index is 1.14. The molecule has 1 saturated heterocycles. The number of carbonyl (C=O) groups excluding carboxylic acids is 1. The van der Waals surface area contributed by atoms with Gasteiger partial charge in [0.15, 0.2) is 0 Å². The first-order valence-electron chi connectivity index (χ1n) is 13.6. The molecule has 212 valence electrons. The van der Waals surface area contributed by atoms with Crippen LogP contribution in [0.4, 0.5) is 18.9 Å². The summed E-state index contributed by atoms with van der Waals surface area (Å²) in [5.41, 5.74) is 3.77. The summed E-state index contributed by atoms with van der Waals surface area (Å²) >= 11 is 0. The van der Waals surface area contributed by atoms with E-state index in [9.17, 15) is 18.0 Å². The van der Waals surface area contributed by atoms with Crippen molar-refractivity contribution in [3.63, 3.8) is 0 Å². The van der Waals surface area contributed by atoms with E-state index in [1.165, 1.54) is 28.9 Å². The number of aryl methyl sites for hydroxylation is 1. The number of fused-ring (bicyclic) bond motifs is 1. The fourth-order valence-corrected chi connectivity index (χ4v) is 5.47. The normalized spacial score (nSPS) is 16.3. The van der Waals surface area contributed by atoms with Gasteiger partial charge in [0, 0.05) is 38.9 Å². The van der Waals surface area contributed by atoms with Gasteiger partial charge in [0.1, 0.15) is 11.5 Å². The lowest BCUT2D eigenvalue weighted by Crippen LogP contribution is -2.45. The smallest absolute Gasteiger partial charge is 0.416 e. The van der Waals surface area contributed by atoms with E-state index in [1.807, 2.05) is 4.90 Å². The molecule has 0 spiro atoms. The number of likely N-dealkylation sites (tertiary alicyclic amines) is 1. The minimum absolute atomic E-state index is 0.0227. The summed E-state index contributed by atoms with van der Waals surface area (Å²) in [5.74, 6) is 1.22. The van der Waals surface area contributed by atoms with E-state index in [-0.39, 0.29) is 5.91 Å². The first kappa shape index (κ1) is 28.0. The van der Waals surface area contributed by atoms with Crippen LogP contribution in [-0.2, 0) is 17.5 Å². The van der Waals surface area contributed by atoms with Gasteiger partial charge in [-0.15, -0.1) is 0 Å². The fraction of sp³-hybridized carbons (Fsp3) is 0.387. The highest BCUT2D eigenvalue weighted by Gasteiger charge is 2.32. The van der Waals surface area contributed by atoms with Crippen LogP contribution in [0, 0.1) is 12.8 Å². The summed E-state index contributed by atoms with van der Waals surface area (Å²) in [4.78, 5) is 15.1. The number of anilines is 1. The first-order chi connectivity index (χ1) is 19.2. The molecule has 5 rings (SSSR count). The van der Waals surface area contributed by atoms with Gasteiger partial charge in [0.2, 0.25) is 0 Å². The minimum Gasteiger partial charge on any atom is -0.457 e. The van der Waals surface area contributed by atoms with E-state index in [2.05, 4.69) is 35.1 Å². The standard InChI is InChI=1S/C31H34F3N3O3/c1-22-4-3-5-29-28(22)21-36(37(29)18-19-39-2)20-23-14-16-35(17-15-23)30(38)24-6-10-26(11-7-24)40-27-12-8-25(9-13-27)31(32,33)34/h3-13,23H,14-21H2,1-2H3. The lowest BCUT2D eigenvalue weighted by atomic mass is 9.96. The Labute approximate surface area is 232 Å². The number of hydrogen-bond acceptors (Lipinski definition) is 5. The quantitative estimate of drug-likeness (QED) is 0.317. The average molecular weight is 554 g/mol. The number of benzene rings is 3. The number of carbonyl (C=O) groups is 1. The van der Waals surface area contributed by atoms with Crippen molar-refractivity contribution in [1.29, 1.82) is 0 Å². The maximum absolute atomic E-state index is 13.2. The highest BCUT2D eigenvalue weighted by Crippen LogP contribution is 2.35. The number of rotatable bonds is 8. The number of hydrazine groups is 1. The Morgan fingerprint density at radius 3 is 2.23 bits per heavy atom. The van der Waals surface area contributed by atoms with Gasteiger partial charge in [-0.2, -0.15) is 13.2 Å². The van der Waals surface area contributed by atoms with Crippen LogP contribution >= 0.6 is 0 Å². The van der Waals surface area contributed by atoms with Crippen molar-refractivity contribution in [3.8, 4) is 11.5 Å². The second kappa shape index (κ2) is 11.9. The molecule has 2 aliphatic heterocycles. The minimum atomic E-state index is -4.39. The molecule has 3 aromatic rings. The maximum atomic E-state index is 13.2. The summed E-state index contributed by atoms with van der Waals surface area (Å²) in [6.07, 6.45) is -2.52. The Bertz CT molecular complexity index is 1300. The van der Waals surface area contributed by atoms with Gasteiger partial charge in [-0.05, 0) is 91.4 Å². The fourth-order valence-electron chi connectivity index (χ4n) is 5.47. The highest BCUT2D eigenvalue weighted by atomic mass is 19.4. The molecule has 0 atom stereocenters. The number of ether oxygens (including phenoxy) is 2. The number of halogens is 3. The molecule has 6 nitrogen and oxygen atoms in total. The van der Waals surface area contributed by atoms with E-state index in [0.29, 0.717) is 42.7 Å². The van der Waals surface area contributed by atoms with Crippen LogP contribution in [-0.4, -0.2) is 55.7 Å². The van der Waals surface area contributed by atoms with E-state index < -0.39 is 11.7 Å². The third-order valence-corrected chi connectivity index (χ3v) is 7.74. The van der Waals surface area contributed by atoms with Crippen molar-refractivity contribution in [1.82, 2.24) is 9.91 Å². The van der Waals surface area contributed by atoms with Gasteiger partial charge in [0.05, 0.1) is 24.4 Å². The molecule has 1 fully saturated rings. The topological polar surface area (TPSA) is 45.2 Å². The highest BCUT2D eigenvalue weighted by molar-refractivity contribution is 5.94. The number of alkyl halides is 3. The van der Waals surface area contributed by atoms with Gasteiger partial charge in [-0.1, -0.05) is 12.1 Å². The zero-order valence-electron chi connectivity index (χ0n) is 22.8. The number of methoxy groups -OCH3 is 1. The molecule has 0 saturated carbocycles. The van der Waals surface area contributed by atoms with Crippen LogP contribution in [0.5, 0.6) is 11.5 Å². The second-order valence-corrected chi connectivity index (χ2v) is 10.4. The van der Waals surface area contributed by atoms with E-state index in [4.69, 9.17) is 9.47 Å². The average Bonchev–Trinajstić information content (AvgIpc) is 3.30. The number of nitrogens with zero attached hydrogens (tertiary/aromatic N) is 3. The third kappa shape index (κ3) is 6.26. The largest absolute Gasteiger partial charge is 0.457 e. The van der Waals surface area contributed by atoms with Crippen LogP contribution in [0.25, 0.3) is 0 Å². The molecule has 0 aromatic heterocycles. The Hall–Kier alpha value is -3.56. The van der Waals surface area contributed by atoms with E-state index >= 15 is 0 Å². The monoisotopic (exact) mass is 553 g/mol. The van der Waals surface area contributed by atoms with E-state index in [1.54, 1.807) is 31.4 Å². The Kier molecular flexibility index (Phi) is 8.32. The number of piperidine rings is 1. The number of hydrogen-bond donors (Lipinski definition) is 0. The molecule has 0 bridgehead atoms. The van der Waals surface area contributed by atoms with Crippen molar-refractivity contribution in [2.75, 3.05) is 44.9 Å². The van der Waals surface area contributed by atoms with Crippen molar-refractivity contribution in [3.05, 3.63) is 89.0 Å². The van der Waals surface area contributed by atoms with Gasteiger partial charge < -0.3 is 19.4 Å². The van der Waals surface area contributed by atoms with Crippen molar-refractivity contribution >= 4 is 11.6 Å². The summed E-state index contributed by atoms with van der Waals surface area (Å²) in [6.45, 7) is 6.86. The molecule has 3 aromatic carbocycles. The molecule has 9 heteroatoms. The third-order valence-electron chi connectivity index (χ3n) is 7.74. The van der Waals surface area contributed by atoms with Crippen LogP contribution in [0.2, 0.25) is 0 Å².